The largest absolute Gasteiger partial charge is 0.497 e. The molecular weight excluding hydrogens is 288 g/mol. The predicted molar refractivity (Wildman–Crippen MR) is 89.0 cm³/mol. The van der Waals surface area contributed by atoms with E-state index in [1.54, 1.807) is 7.11 Å². The van der Waals surface area contributed by atoms with Crippen molar-refractivity contribution in [3.63, 3.8) is 0 Å². The van der Waals surface area contributed by atoms with Crippen molar-refractivity contribution in [1.82, 2.24) is 5.32 Å². The topological polar surface area (TPSA) is 62.1 Å². The Labute approximate surface area is 136 Å². The number of methoxy groups -OCH3 is 1. The van der Waals surface area contributed by atoms with Crippen molar-refractivity contribution < 1.29 is 9.53 Å². The van der Waals surface area contributed by atoms with Crippen LogP contribution in [0.5, 0.6) is 5.75 Å². The lowest BCUT2D eigenvalue weighted by atomic mass is 10.1. The molecule has 2 aromatic rings. The van der Waals surface area contributed by atoms with Crippen LogP contribution in [-0.2, 0) is 11.2 Å². The molecule has 0 saturated carbocycles. The fourth-order valence-corrected chi connectivity index (χ4v) is 2.27. The van der Waals surface area contributed by atoms with E-state index in [0.29, 0.717) is 12.8 Å². The van der Waals surface area contributed by atoms with Gasteiger partial charge in [0.25, 0.3) is 0 Å². The Bertz CT molecular complexity index is 702. The molecule has 1 unspecified atom stereocenters. The monoisotopic (exact) mass is 308 g/mol. The van der Waals surface area contributed by atoms with Gasteiger partial charge in [0.05, 0.1) is 13.2 Å². The summed E-state index contributed by atoms with van der Waals surface area (Å²) in [5, 5.41) is 12.0. The normalized spacial score (nSPS) is 11.3. The Balaban J connectivity index is 1.92. The highest BCUT2D eigenvalue weighted by molar-refractivity contribution is 5.77. The van der Waals surface area contributed by atoms with Crippen LogP contribution in [0.1, 0.15) is 29.2 Å². The lowest BCUT2D eigenvalue weighted by Gasteiger charge is -2.12. The Hall–Kier alpha value is -2.80. The fraction of sp³-hybridized carbons (Fsp3) is 0.263. The quantitative estimate of drug-likeness (QED) is 0.890. The van der Waals surface area contributed by atoms with Gasteiger partial charge in [-0.25, -0.2) is 0 Å². The molecule has 0 aromatic heterocycles. The Morgan fingerprint density at radius 1 is 1.26 bits per heavy atom. The van der Waals surface area contributed by atoms with Gasteiger partial charge in [0, 0.05) is 6.42 Å². The molecule has 0 saturated heterocycles. The molecule has 0 aliphatic heterocycles. The Morgan fingerprint density at radius 2 is 2.00 bits per heavy atom. The van der Waals surface area contributed by atoms with Crippen LogP contribution in [0.3, 0.4) is 0 Å². The SMILES string of the molecule is COc1cccc(CCC(=O)NC(C#N)c2ccc(C)cc2)c1. The molecule has 2 aromatic carbocycles. The summed E-state index contributed by atoms with van der Waals surface area (Å²) in [6.45, 7) is 1.98. The smallest absolute Gasteiger partial charge is 0.221 e. The number of hydrogen-bond acceptors (Lipinski definition) is 3. The molecule has 118 valence electrons. The van der Waals surface area contributed by atoms with E-state index in [1.165, 1.54) is 0 Å². The van der Waals surface area contributed by atoms with E-state index in [9.17, 15) is 10.1 Å². The minimum absolute atomic E-state index is 0.139. The van der Waals surface area contributed by atoms with Crippen LogP contribution in [-0.4, -0.2) is 13.0 Å². The number of benzene rings is 2. The van der Waals surface area contributed by atoms with E-state index in [4.69, 9.17) is 4.74 Å². The number of carbonyl (C=O) groups is 1. The van der Waals surface area contributed by atoms with E-state index in [1.807, 2.05) is 55.5 Å². The third-order valence-electron chi connectivity index (χ3n) is 3.62. The summed E-state index contributed by atoms with van der Waals surface area (Å²) < 4.78 is 5.17. The molecule has 0 bridgehead atoms. The first kappa shape index (κ1) is 16.6. The summed E-state index contributed by atoms with van der Waals surface area (Å²) in [5.74, 6) is 0.636. The summed E-state index contributed by atoms with van der Waals surface area (Å²) in [4.78, 5) is 12.1. The van der Waals surface area contributed by atoms with Crippen molar-refractivity contribution >= 4 is 5.91 Å². The maximum Gasteiger partial charge on any atom is 0.221 e. The molecule has 4 heteroatoms. The zero-order valence-corrected chi connectivity index (χ0v) is 13.4. The lowest BCUT2D eigenvalue weighted by Crippen LogP contribution is -2.27. The number of amides is 1. The Kier molecular flexibility index (Phi) is 5.76. The molecule has 1 amide bonds. The van der Waals surface area contributed by atoms with Gasteiger partial charge in [-0.2, -0.15) is 5.26 Å². The minimum Gasteiger partial charge on any atom is -0.497 e. The number of ether oxygens (including phenoxy) is 1. The van der Waals surface area contributed by atoms with Crippen LogP contribution >= 0.6 is 0 Å². The van der Waals surface area contributed by atoms with Crippen LogP contribution < -0.4 is 10.1 Å². The number of nitriles is 1. The number of hydrogen-bond donors (Lipinski definition) is 1. The van der Waals surface area contributed by atoms with E-state index >= 15 is 0 Å². The highest BCUT2D eigenvalue weighted by atomic mass is 16.5. The van der Waals surface area contributed by atoms with Gasteiger partial charge in [-0.05, 0) is 36.6 Å². The van der Waals surface area contributed by atoms with Gasteiger partial charge in [-0.15, -0.1) is 0 Å². The molecule has 0 radical (unpaired) electrons. The van der Waals surface area contributed by atoms with Crippen LogP contribution in [0.2, 0.25) is 0 Å². The molecule has 1 N–H and O–H groups in total. The lowest BCUT2D eigenvalue weighted by molar-refractivity contribution is -0.121. The predicted octanol–water partition coefficient (Wildman–Crippen LogP) is 3.32. The van der Waals surface area contributed by atoms with Crippen molar-refractivity contribution in [3.8, 4) is 11.8 Å². The van der Waals surface area contributed by atoms with E-state index in [-0.39, 0.29) is 5.91 Å². The van der Waals surface area contributed by atoms with Crippen molar-refractivity contribution in [1.29, 1.82) is 5.26 Å². The first-order valence-electron chi connectivity index (χ1n) is 7.51. The number of nitrogens with zero attached hydrogens (tertiary/aromatic N) is 1. The van der Waals surface area contributed by atoms with Crippen molar-refractivity contribution in [2.75, 3.05) is 7.11 Å². The van der Waals surface area contributed by atoms with Gasteiger partial charge < -0.3 is 10.1 Å². The van der Waals surface area contributed by atoms with E-state index in [2.05, 4.69) is 11.4 Å². The van der Waals surface area contributed by atoms with Gasteiger partial charge in [-0.1, -0.05) is 42.0 Å². The maximum absolute atomic E-state index is 12.1. The average molecular weight is 308 g/mol. The summed E-state index contributed by atoms with van der Waals surface area (Å²) in [6.07, 6.45) is 0.937. The standard InChI is InChI=1S/C19H20N2O2/c1-14-6-9-16(10-7-14)18(13-20)21-19(22)11-8-15-4-3-5-17(12-15)23-2/h3-7,9-10,12,18H,8,11H2,1-2H3,(H,21,22). The third-order valence-corrected chi connectivity index (χ3v) is 3.62. The summed E-state index contributed by atoms with van der Waals surface area (Å²) >= 11 is 0. The number of aryl methyl sites for hydroxylation is 2. The zero-order chi connectivity index (χ0) is 16.7. The van der Waals surface area contributed by atoms with Crippen LogP contribution in [0.4, 0.5) is 0 Å². The van der Waals surface area contributed by atoms with Gasteiger partial charge >= 0.3 is 0 Å². The molecule has 0 spiro atoms. The van der Waals surface area contributed by atoms with Crippen LogP contribution in [0.25, 0.3) is 0 Å². The van der Waals surface area contributed by atoms with Crippen LogP contribution in [0, 0.1) is 18.3 Å². The summed E-state index contributed by atoms with van der Waals surface area (Å²) in [7, 11) is 1.62. The summed E-state index contributed by atoms with van der Waals surface area (Å²) in [5.41, 5.74) is 2.95. The van der Waals surface area contributed by atoms with Crippen molar-refractivity contribution in [3.05, 3.63) is 65.2 Å². The molecule has 0 fully saturated rings. The second-order valence-corrected chi connectivity index (χ2v) is 5.39. The molecule has 0 aliphatic carbocycles. The van der Waals surface area contributed by atoms with Crippen molar-refractivity contribution in [2.24, 2.45) is 0 Å². The highest BCUT2D eigenvalue weighted by Crippen LogP contribution is 2.15. The number of rotatable bonds is 6. The molecule has 0 heterocycles. The summed E-state index contributed by atoms with van der Waals surface area (Å²) in [6, 6.07) is 16.7. The van der Waals surface area contributed by atoms with E-state index in [0.717, 1.165) is 22.4 Å². The molecule has 0 aliphatic rings. The third kappa shape index (κ3) is 4.86. The Morgan fingerprint density at radius 3 is 2.65 bits per heavy atom. The first-order valence-corrected chi connectivity index (χ1v) is 7.51. The van der Waals surface area contributed by atoms with Gasteiger partial charge in [0.1, 0.15) is 11.8 Å². The fourth-order valence-electron chi connectivity index (χ4n) is 2.27. The number of nitrogens with one attached hydrogen (secondary N) is 1. The second kappa shape index (κ2) is 8.00. The van der Waals surface area contributed by atoms with Crippen LogP contribution in [0.15, 0.2) is 48.5 Å². The minimum atomic E-state index is -0.617. The van der Waals surface area contributed by atoms with Gasteiger partial charge in [0.15, 0.2) is 0 Å². The highest BCUT2D eigenvalue weighted by Gasteiger charge is 2.13. The van der Waals surface area contributed by atoms with E-state index < -0.39 is 6.04 Å². The van der Waals surface area contributed by atoms with Gasteiger partial charge in [-0.3, -0.25) is 4.79 Å². The average Bonchev–Trinajstić information content (AvgIpc) is 2.59. The van der Waals surface area contributed by atoms with Crippen molar-refractivity contribution in [2.45, 2.75) is 25.8 Å². The second-order valence-electron chi connectivity index (χ2n) is 5.39. The number of carbonyl (C=O) groups excluding carboxylic acids is 1. The zero-order valence-electron chi connectivity index (χ0n) is 13.4. The molecule has 1 atom stereocenters. The van der Waals surface area contributed by atoms with Gasteiger partial charge in [0.2, 0.25) is 5.91 Å². The molecule has 2 rings (SSSR count). The maximum atomic E-state index is 12.1. The molecule has 23 heavy (non-hydrogen) atoms. The molecular formula is C19H20N2O2. The molecule has 4 nitrogen and oxygen atoms in total. The first-order chi connectivity index (χ1) is 11.1.